The highest BCUT2D eigenvalue weighted by molar-refractivity contribution is 6.47. The lowest BCUT2D eigenvalue weighted by Crippen LogP contribution is -2.65. The number of nitrogens with one attached hydrogen (secondary N) is 2. The summed E-state index contributed by atoms with van der Waals surface area (Å²) in [6.07, 6.45) is 4.79. The van der Waals surface area contributed by atoms with Crippen LogP contribution in [0, 0.1) is 23.1 Å². The third-order valence-electron chi connectivity index (χ3n) is 9.49. The zero-order valence-electron chi connectivity index (χ0n) is 23.4. The minimum absolute atomic E-state index is 0.0319. The molecule has 3 unspecified atom stereocenters. The van der Waals surface area contributed by atoms with Gasteiger partial charge in [-0.25, -0.2) is 4.39 Å². The summed E-state index contributed by atoms with van der Waals surface area (Å²) in [7, 11) is -0.517. The standard InChI is InChI=1S/C31H40BFN2O4/c1-5-6-15-27(32-38-26-18-22-17-25(30(22,2)3)31(26,4)39-32)35-28(36)19-24(21-13-10-14-23(33)16-21)34-29(37)20-11-8-7-9-12-20/h7-14,16,22,24-27H,5-6,15,17-19H2,1-4H3,(H,34,37)(H,35,36)/t22?,24?,25?,26-,27+,31+/m1/s1. The molecule has 6 rings (SSSR count). The van der Waals surface area contributed by atoms with E-state index in [9.17, 15) is 14.0 Å². The summed E-state index contributed by atoms with van der Waals surface area (Å²) in [6, 6.07) is 14.1. The molecular formula is C31H40BFN2O4. The van der Waals surface area contributed by atoms with Crippen LogP contribution in [0.3, 0.4) is 0 Å². The second-order valence-corrected chi connectivity index (χ2v) is 12.3. The van der Waals surface area contributed by atoms with Crippen LogP contribution >= 0.6 is 0 Å². The van der Waals surface area contributed by atoms with Crippen LogP contribution in [0.25, 0.3) is 0 Å². The Morgan fingerprint density at radius 2 is 1.85 bits per heavy atom. The SMILES string of the molecule is CCCC[C@H](NC(=O)CC(NC(=O)c1ccccc1)c1cccc(F)c1)B1O[C@@H]2CC3CC(C3(C)C)[C@]2(C)O1. The van der Waals surface area contributed by atoms with Crippen molar-refractivity contribution in [3.8, 4) is 0 Å². The number of hydrogen-bond donors (Lipinski definition) is 2. The number of rotatable bonds is 10. The van der Waals surface area contributed by atoms with Gasteiger partial charge in [-0.3, -0.25) is 9.59 Å². The molecule has 39 heavy (non-hydrogen) atoms. The van der Waals surface area contributed by atoms with Crippen molar-refractivity contribution in [1.82, 2.24) is 10.6 Å². The van der Waals surface area contributed by atoms with Crippen LogP contribution in [-0.2, 0) is 14.1 Å². The van der Waals surface area contributed by atoms with Crippen molar-refractivity contribution in [3.63, 3.8) is 0 Å². The van der Waals surface area contributed by atoms with Gasteiger partial charge in [0, 0.05) is 5.56 Å². The number of carbonyl (C=O) groups excluding carboxylic acids is 2. The number of amides is 2. The monoisotopic (exact) mass is 534 g/mol. The third kappa shape index (κ3) is 5.51. The maximum absolute atomic E-state index is 14.1. The fourth-order valence-electron chi connectivity index (χ4n) is 7.03. The van der Waals surface area contributed by atoms with E-state index in [0.717, 1.165) is 25.7 Å². The number of unbranched alkanes of at least 4 members (excludes halogenated alkanes) is 1. The van der Waals surface area contributed by atoms with Crippen LogP contribution < -0.4 is 10.6 Å². The van der Waals surface area contributed by atoms with Gasteiger partial charge in [-0.1, -0.05) is 63.9 Å². The van der Waals surface area contributed by atoms with E-state index in [1.54, 1.807) is 36.4 Å². The van der Waals surface area contributed by atoms with Crippen molar-refractivity contribution in [2.24, 2.45) is 17.3 Å². The molecule has 2 bridgehead atoms. The predicted molar refractivity (Wildman–Crippen MR) is 149 cm³/mol. The van der Waals surface area contributed by atoms with Crippen LogP contribution in [0.1, 0.15) is 88.2 Å². The van der Waals surface area contributed by atoms with E-state index in [1.807, 2.05) is 6.07 Å². The Labute approximate surface area is 231 Å². The van der Waals surface area contributed by atoms with Crippen LogP contribution in [0.4, 0.5) is 4.39 Å². The molecule has 3 aliphatic carbocycles. The van der Waals surface area contributed by atoms with Crippen LogP contribution in [0.2, 0.25) is 0 Å². The average molecular weight is 534 g/mol. The molecule has 2 N–H and O–H groups in total. The lowest BCUT2D eigenvalue weighted by molar-refractivity contribution is -0.199. The molecule has 4 fully saturated rings. The molecule has 3 saturated carbocycles. The normalized spacial score (nSPS) is 28.1. The molecule has 1 heterocycles. The average Bonchev–Trinajstić information content (AvgIpc) is 3.28. The largest absolute Gasteiger partial charge is 0.481 e. The molecule has 1 saturated heterocycles. The summed E-state index contributed by atoms with van der Waals surface area (Å²) in [4.78, 5) is 26.4. The molecule has 2 amide bonds. The quantitative estimate of drug-likeness (QED) is 0.388. The van der Waals surface area contributed by atoms with Crippen LogP contribution in [0.15, 0.2) is 54.6 Å². The summed E-state index contributed by atoms with van der Waals surface area (Å²) in [6.45, 7) is 8.96. The van der Waals surface area contributed by atoms with Gasteiger partial charge in [-0.15, -0.1) is 0 Å². The van der Waals surface area contributed by atoms with Gasteiger partial charge in [0.25, 0.3) is 5.91 Å². The summed E-state index contributed by atoms with van der Waals surface area (Å²) in [5.41, 5.74) is 0.894. The van der Waals surface area contributed by atoms with Gasteiger partial charge in [0.2, 0.25) is 5.91 Å². The molecular weight excluding hydrogens is 494 g/mol. The number of hydrogen-bond acceptors (Lipinski definition) is 4. The Morgan fingerprint density at radius 1 is 1.08 bits per heavy atom. The lowest BCUT2D eigenvalue weighted by atomic mass is 9.43. The van der Waals surface area contributed by atoms with Gasteiger partial charge in [0.05, 0.1) is 30.1 Å². The van der Waals surface area contributed by atoms with E-state index < -0.39 is 19.0 Å². The van der Waals surface area contributed by atoms with Crippen LogP contribution in [0.5, 0.6) is 0 Å². The molecule has 0 spiro atoms. The first-order chi connectivity index (χ1) is 18.6. The van der Waals surface area contributed by atoms with Crippen molar-refractivity contribution >= 4 is 18.9 Å². The smallest absolute Gasteiger partial charge is 0.404 e. The second-order valence-electron chi connectivity index (χ2n) is 12.3. The van der Waals surface area contributed by atoms with Crippen molar-refractivity contribution < 1.29 is 23.3 Å². The number of benzene rings is 2. The first-order valence-corrected chi connectivity index (χ1v) is 14.4. The zero-order valence-corrected chi connectivity index (χ0v) is 23.4. The molecule has 1 aliphatic heterocycles. The van der Waals surface area contributed by atoms with E-state index in [4.69, 9.17) is 9.31 Å². The van der Waals surface area contributed by atoms with Gasteiger partial charge < -0.3 is 19.9 Å². The molecule has 208 valence electrons. The Bertz CT molecular complexity index is 1190. The minimum atomic E-state index is -0.696. The highest BCUT2D eigenvalue weighted by Gasteiger charge is 2.68. The predicted octanol–water partition coefficient (Wildman–Crippen LogP) is 5.63. The van der Waals surface area contributed by atoms with E-state index in [0.29, 0.717) is 23.0 Å². The summed E-state index contributed by atoms with van der Waals surface area (Å²) >= 11 is 0. The Kier molecular flexibility index (Phi) is 7.89. The Hall–Kier alpha value is -2.71. The number of carbonyl (C=O) groups is 2. The van der Waals surface area contributed by atoms with Gasteiger partial charge in [0.15, 0.2) is 0 Å². The third-order valence-corrected chi connectivity index (χ3v) is 9.49. The fourth-order valence-corrected chi connectivity index (χ4v) is 7.03. The van der Waals surface area contributed by atoms with E-state index in [1.165, 1.54) is 18.6 Å². The number of halogens is 1. The van der Waals surface area contributed by atoms with E-state index in [2.05, 4.69) is 38.3 Å². The van der Waals surface area contributed by atoms with Crippen molar-refractivity contribution in [2.45, 2.75) is 89.9 Å². The maximum atomic E-state index is 14.1. The van der Waals surface area contributed by atoms with E-state index in [-0.39, 0.29) is 41.3 Å². The van der Waals surface area contributed by atoms with Gasteiger partial charge in [0.1, 0.15) is 5.82 Å². The highest BCUT2D eigenvalue weighted by Crippen LogP contribution is 2.65. The Balaban J connectivity index is 1.30. The van der Waals surface area contributed by atoms with Gasteiger partial charge >= 0.3 is 7.12 Å². The van der Waals surface area contributed by atoms with Gasteiger partial charge in [-0.2, -0.15) is 0 Å². The summed E-state index contributed by atoms with van der Waals surface area (Å²) in [5.74, 6) is -0.203. The molecule has 4 aliphatic rings. The maximum Gasteiger partial charge on any atom is 0.481 e. The lowest BCUT2D eigenvalue weighted by Gasteiger charge is -2.64. The minimum Gasteiger partial charge on any atom is -0.404 e. The fraction of sp³-hybridized carbons (Fsp3) is 0.548. The zero-order chi connectivity index (χ0) is 27.8. The molecule has 0 aromatic heterocycles. The van der Waals surface area contributed by atoms with Crippen LogP contribution in [-0.4, -0.2) is 36.6 Å². The topological polar surface area (TPSA) is 76.7 Å². The summed E-state index contributed by atoms with van der Waals surface area (Å²) < 4.78 is 27.3. The van der Waals surface area contributed by atoms with E-state index >= 15 is 0 Å². The molecule has 8 heteroatoms. The van der Waals surface area contributed by atoms with Gasteiger partial charge in [-0.05, 0) is 73.3 Å². The molecule has 2 aromatic rings. The first-order valence-electron chi connectivity index (χ1n) is 14.4. The molecule has 6 atom stereocenters. The van der Waals surface area contributed by atoms with Crippen molar-refractivity contribution in [2.75, 3.05) is 0 Å². The molecule has 2 aromatic carbocycles. The Morgan fingerprint density at radius 3 is 2.54 bits per heavy atom. The first kappa shape index (κ1) is 27.8. The molecule has 0 radical (unpaired) electrons. The molecule has 6 nitrogen and oxygen atoms in total. The van der Waals surface area contributed by atoms with Crippen molar-refractivity contribution in [3.05, 3.63) is 71.5 Å². The van der Waals surface area contributed by atoms with Crippen molar-refractivity contribution in [1.29, 1.82) is 0 Å². The second kappa shape index (κ2) is 11.0. The summed E-state index contributed by atoms with van der Waals surface area (Å²) in [5, 5.41) is 6.10. The highest BCUT2D eigenvalue weighted by atomic mass is 19.1.